The van der Waals surface area contributed by atoms with Crippen LogP contribution in [0.4, 0.5) is 10.1 Å². The number of ether oxygens (including phenoxy) is 1. The fourth-order valence-corrected chi connectivity index (χ4v) is 2.42. The first-order valence-corrected chi connectivity index (χ1v) is 7.21. The molecule has 0 unspecified atom stereocenters. The maximum Gasteiger partial charge on any atom is 0.312 e. The molecule has 0 amide bonds. The number of nitro benzene ring substituents is 1. The largest absolute Gasteiger partial charge is 0.449 e. The first-order valence-electron chi connectivity index (χ1n) is 5.63. The Morgan fingerprint density at radius 2 is 1.90 bits per heavy atom. The fraction of sp³-hybridized carbons (Fsp3) is 0.0769. The van der Waals surface area contributed by atoms with Crippen molar-refractivity contribution in [3.05, 3.63) is 60.8 Å². The Morgan fingerprint density at radius 1 is 1.19 bits per heavy atom. The predicted octanol–water partition coefficient (Wildman–Crippen LogP) is 4.54. The second kappa shape index (κ2) is 6.50. The summed E-state index contributed by atoms with van der Waals surface area (Å²) in [5.41, 5.74) is 0.284. The van der Waals surface area contributed by atoms with Gasteiger partial charge >= 0.3 is 5.69 Å². The van der Waals surface area contributed by atoms with E-state index in [0.717, 1.165) is 12.1 Å². The molecule has 2 aromatic rings. The molecule has 2 rings (SSSR count). The summed E-state index contributed by atoms with van der Waals surface area (Å²) in [6.07, 6.45) is 0. The molecule has 5 nitrogen and oxygen atoms in total. The molecular weight excluding hydrogens is 413 g/mol. The summed E-state index contributed by atoms with van der Waals surface area (Å²) in [4.78, 5) is 10.3. The van der Waals surface area contributed by atoms with Gasteiger partial charge in [-0.25, -0.2) is 4.39 Å². The van der Waals surface area contributed by atoms with Gasteiger partial charge in [0.15, 0.2) is 0 Å². The van der Waals surface area contributed by atoms with E-state index in [1.54, 1.807) is 12.1 Å². The quantitative estimate of drug-likeness (QED) is 0.582. The highest BCUT2D eigenvalue weighted by molar-refractivity contribution is 9.10. The maximum atomic E-state index is 13.6. The van der Waals surface area contributed by atoms with Gasteiger partial charge in [-0.1, -0.05) is 6.07 Å². The molecule has 0 aliphatic heterocycles. The molecule has 0 spiro atoms. The van der Waals surface area contributed by atoms with Crippen LogP contribution < -0.4 is 4.74 Å². The molecule has 0 heterocycles. The molecule has 0 bridgehead atoms. The molecule has 21 heavy (non-hydrogen) atoms. The van der Waals surface area contributed by atoms with E-state index in [2.05, 4.69) is 31.9 Å². The second-order valence-corrected chi connectivity index (χ2v) is 5.72. The Bertz CT molecular complexity index is 709. The maximum absolute atomic E-state index is 13.6. The lowest BCUT2D eigenvalue weighted by Crippen LogP contribution is -1.96. The minimum atomic E-state index is -0.668. The zero-order chi connectivity index (χ0) is 15.6. The lowest BCUT2D eigenvalue weighted by molar-refractivity contribution is -0.385. The van der Waals surface area contributed by atoms with E-state index in [9.17, 15) is 14.5 Å². The number of benzene rings is 2. The number of aliphatic hydroxyl groups is 1. The van der Waals surface area contributed by atoms with Crippen LogP contribution in [0.5, 0.6) is 11.5 Å². The number of nitro groups is 1. The van der Waals surface area contributed by atoms with E-state index < -0.39 is 10.7 Å². The molecule has 0 aliphatic rings. The van der Waals surface area contributed by atoms with Crippen LogP contribution in [0.3, 0.4) is 0 Å². The summed E-state index contributed by atoms with van der Waals surface area (Å²) in [5.74, 6) is -0.603. The highest BCUT2D eigenvalue weighted by Crippen LogP contribution is 2.38. The van der Waals surface area contributed by atoms with Gasteiger partial charge in [-0.15, -0.1) is 0 Å². The third kappa shape index (κ3) is 3.58. The molecule has 0 saturated heterocycles. The van der Waals surface area contributed by atoms with Gasteiger partial charge < -0.3 is 9.84 Å². The third-order valence-corrected chi connectivity index (χ3v) is 3.82. The van der Waals surface area contributed by atoms with Gasteiger partial charge in [0.25, 0.3) is 0 Å². The number of aliphatic hydroxyl groups excluding tert-OH is 1. The van der Waals surface area contributed by atoms with Crippen molar-refractivity contribution >= 4 is 37.5 Å². The van der Waals surface area contributed by atoms with Crippen molar-refractivity contribution in [1.82, 2.24) is 0 Å². The average molecular weight is 421 g/mol. The van der Waals surface area contributed by atoms with Crippen LogP contribution in [0, 0.1) is 15.9 Å². The van der Waals surface area contributed by atoms with Crippen molar-refractivity contribution in [1.29, 1.82) is 0 Å². The van der Waals surface area contributed by atoms with Crippen molar-refractivity contribution in [2.45, 2.75) is 6.61 Å². The highest BCUT2D eigenvalue weighted by atomic mass is 79.9. The van der Waals surface area contributed by atoms with Crippen LogP contribution in [0.1, 0.15) is 5.56 Å². The van der Waals surface area contributed by atoms with Crippen molar-refractivity contribution in [3.8, 4) is 11.5 Å². The topological polar surface area (TPSA) is 72.6 Å². The van der Waals surface area contributed by atoms with E-state index in [-0.39, 0.29) is 28.3 Å². The van der Waals surface area contributed by atoms with Crippen molar-refractivity contribution in [3.63, 3.8) is 0 Å². The number of nitrogens with zero attached hydrogens (tertiary/aromatic N) is 1. The van der Waals surface area contributed by atoms with Crippen LogP contribution in [0.25, 0.3) is 0 Å². The van der Waals surface area contributed by atoms with Crippen molar-refractivity contribution < 1.29 is 19.2 Å². The minimum Gasteiger partial charge on any atom is -0.449 e. The van der Waals surface area contributed by atoms with E-state index in [4.69, 9.17) is 9.84 Å². The minimum absolute atomic E-state index is 0.0174. The van der Waals surface area contributed by atoms with Gasteiger partial charge in [-0.05, 0) is 49.6 Å². The van der Waals surface area contributed by atoms with Gasteiger partial charge in [0.2, 0.25) is 5.75 Å². The zero-order valence-corrected chi connectivity index (χ0v) is 13.5. The fourth-order valence-electron chi connectivity index (χ4n) is 1.59. The number of rotatable bonds is 4. The van der Waals surface area contributed by atoms with E-state index in [1.807, 2.05) is 0 Å². The summed E-state index contributed by atoms with van der Waals surface area (Å²) in [5, 5.41) is 20.0. The molecule has 0 saturated carbocycles. The van der Waals surface area contributed by atoms with Gasteiger partial charge in [0.05, 0.1) is 20.5 Å². The predicted molar refractivity (Wildman–Crippen MR) is 80.9 cm³/mol. The Morgan fingerprint density at radius 3 is 2.48 bits per heavy atom. The third-order valence-electron chi connectivity index (χ3n) is 2.60. The molecule has 8 heteroatoms. The summed E-state index contributed by atoms with van der Waals surface area (Å²) in [7, 11) is 0. The summed E-state index contributed by atoms with van der Waals surface area (Å²) in [6, 6.07) is 6.71. The number of hydrogen-bond donors (Lipinski definition) is 1. The van der Waals surface area contributed by atoms with Crippen LogP contribution in [-0.2, 0) is 6.61 Å². The average Bonchev–Trinajstić information content (AvgIpc) is 2.44. The lowest BCUT2D eigenvalue weighted by atomic mass is 10.2. The Balaban J connectivity index is 2.43. The summed E-state index contributed by atoms with van der Waals surface area (Å²) < 4.78 is 19.4. The molecule has 0 atom stereocenters. The molecule has 0 fully saturated rings. The zero-order valence-electron chi connectivity index (χ0n) is 10.3. The van der Waals surface area contributed by atoms with Crippen LogP contribution in [-0.4, -0.2) is 10.0 Å². The van der Waals surface area contributed by atoms with Gasteiger partial charge in [-0.2, -0.15) is 0 Å². The van der Waals surface area contributed by atoms with E-state index in [1.165, 1.54) is 6.07 Å². The van der Waals surface area contributed by atoms with Crippen LogP contribution in [0.15, 0.2) is 39.3 Å². The molecule has 2 aromatic carbocycles. The van der Waals surface area contributed by atoms with Gasteiger partial charge in [-0.3, -0.25) is 10.1 Å². The molecule has 1 N–H and O–H groups in total. The molecule has 0 aromatic heterocycles. The molecule has 110 valence electrons. The standard InChI is InChI=1S/C13H8Br2FNO4/c14-8-4-11(17(19)20)13(5-10(8)16)21-12-2-1-7(6-18)3-9(12)15/h1-5,18H,6H2. The summed E-state index contributed by atoms with van der Waals surface area (Å²) in [6.45, 7) is -0.147. The second-order valence-electron chi connectivity index (χ2n) is 4.02. The van der Waals surface area contributed by atoms with E-state index >= 15 is 0 Å². The monoisotopic (exact) mass is 419 g/mol. The Labute approximate surface area is 135 Å². The van der Waals surface area contributed by atoms with Crippen molar-refractivity contribution in [2.75, 3.05) is 0 Å². The normalized spacial score (nSPS) is 10.5. The SMILES string of the molecule is O=[N+]([O-])c1cc(Br)c(F)cc1Oc1ccc(CO)cc1Br. The Kier molecular flexibility index (Phi) is 4.92. The Hall–Kier alpha value is -1.51. The van der Waals surface area contributed by atoms with Crippen LogP contribution >= 0.6 is 31.9 Å². The molecule has 0 aliphatic carbocycles. The number of hydrogen-bond acceptors (Lipinski definition) is 4. The highest BCUT2D eigenvalue weighted by Gasteiger charge is 2.20. The van der Waals surface area contributed by atoms with Crippen molar-refractivity contribution in [2.24, 2.45) is 0 Å². The van der Waals surface area contributed by atoms with Gasteiger partial charge in [0, 0.05) is 12.1 Å². The molecular formula is C13H8Br2FNO4. The van der Waals surface area contributed by atoms with Crippen LogP contribution in [0.2, 0.25) is 0 Å². The molecule has 0 radical (unpaired) electrons. The smallest absolute Gasteiger partial charge is 0.312 e. The van der Waals surface area contributed by atoms with E-state index in [0.29, 0.717) is 10.0 Å². The first-order chi connectivity index (χ1) is 9.92. The summed E-state index contributed by atoms with van der Waals surface area (Å²) >= 11 is 6.13. The number of halogens is 3. The first kappa shape index (κ1) is 15.9. The lowest BCUT2D eigenvalue weighted by Gasteiger charge is -2.10. The van der Waals surface area contributed by atoms with Gasteiger partial charge in [0.1, 0.15) is 11.6 Å².